The van der Waals surface area contributed by atoms with Gasteiger partial charge in [0.1, 0.15) is 0 Å². The van der Waals surface area contributed by atoms with Gasteiger partial charge in [-0.15, -0.1) is 6.42 Å². The maximum atomic E-state index is 11.1. The molecule has 0 bridgehead atoms. The van der Waals surface area contributed by atoms with Crippen LogP contribution in [0, 0.1) is 26.2 Å². The molecular weight excluding hydrogens is 276 g/mol. The molecule has 0 radical (unpaired) electrons. The third kappa shape index (κ3) is 2.43. The Morgan fingerprint density at radius 3 is 2.14 bits per heavy atom. The van der Waals surface area contributed by atoms with E-state index in [-0.39, 0.29) is 0 Å². The monoisotopic (exact) mass is 296 g/mol. The summed E-state index contributed by atoms with van der Waals surface area (Å²) in [6.07, 6.45) is 5.68. The van der Waals surface area contributed by atoms with E-state index in [1.54, 1.807) is 19.2 Å². The van der Waals surface area contributed by atoms with Gasteiger partial charge in [-0.2, -0.15) is 0 Å². The van der Waals surface area contributed by atoms with Gasteiger partial charge in [0.25, 0.3) is 0 Å². The van der Waals surface area contributed by atoms with Gasteiger partial charge in [-0.3, -0.25) is 0 Å². The molecule has 0 aliphatic rings. The molecule has 0 aliphatic heterocycles. The summed E-state index contributed by atoms with van der Waals surface area (Å²) < 4.78 is 11.0. The predicted molar refractivity (Wildman–Crippen MR) is 87.3 cm³/mol. The number of aliphatic hydroxyl groups is 1. The van der Waals surface area contributed by atoms with Crippen molar-refractivity contribution in [3.63, 3.8) is 0 Å². The lowest BCUT2D eigenvalue weighted by Crippen LogP contribution is -2.26. The summed E-state index contributed by atoms with van der Waals surface area (Å²) in [5, 5.41) is 11.1. The smallest absolute Gasteiger partial charge is 0.180 e. The first-order chi connectivity index (χ1) is 10.5. The minimum absolute atomic E-state index is 0.454. The van der Waals surface area contributed by atoms with Crippen molar-refractivity contribution in [2.75, 3.05) is 14.2 Å². The molecule has 2 aromatic carbocycles. The number of hydrogen-bond acceptors (Lipinski definition) is 3. The van der Waals surface area contributed by atoms with E-state index in [0.717, 1.165) is 11.1 Å². The first kappa shape index (κ1) is 15.9. The third-order valence-corrected chi connectivity index (χ3v) is 3.94. The molecule has 0 aliphatic carbocycles. The number of rotatable bonds is 4. The summed E-state index contributed by atoms with van der Waals surface area (Å²) in [6, 6.07) is 11.0. The van der Waals surface area contributed by atoms with Crippen molar-refractivity contribution in [3.05, 3.63) is 58.7 Å². The molecule has 0 spiro atoms. The average Bonchev–Trinajstić information content (AvgIpc) is 2.56. The van der Waals surface area contributed by atoms with Crippen LogP contribution < -0.4 is 9.47 Å². The van der Waals surface area contributed by atoms with E-state index in [4.69, 9.17) is 15.9 Å². The fraction of sp³-hybridized carbons (Fsp3) is 0.263. The molecule has 2 rings (SSSR count). The lowest BCUT2D eigenvalue weighted by Gasteiger charge is -2.27. The topological polar surface area (TPSA) is 38.7 Å². The van der Waals surface area contributed by atoms with Crippen molar-refractivity contribution in [1.82, 2.24) is 0 Å². The third-order valence-electron chi connectivity index (χ3n) is 3.94. The highest BCUT2D eigenvalue weighted by Gasteiger charge is 2.34. The number of methoxy groups -OCH3 is 2. The second-order valence-corrected chi connectivity index (χ2v) is 5.15. The molecule has 114 valence electrons. The van der Waals surface area contributed by atoms with Crippen LogP contribution >= 0.6 is 0 Å². The number of aryl methyl sites for hydroxylation is 1. The standard InChI is InChI=1S/C19H20O3/c1-6-19(20,15-10-8-7-9-11-15)16-12-13(2)14(3)17(21-4)18(16)22-5/h1,7-12,20H,2-5H3. The molecule has 3 nitrogen and oxygen atoms in total. The number of ether oxygens (including phenoxy) is 2. The molecule has 3 heteroatoms. The van der Waals surface area contributed by atoms with E-state index in [0.29, 0.717) is 22.6 Å². The maximum absolute atomic E-state index is 11.1. The van der Waals surface area contributed by atoms with Crippen LogP contribution in [0.1, 0.15) is 22.3 Å². The van der Waals surface area contributed by atoms with Gasteiger partial charge in [-0.05, 0) is 31.0 Å². The minimum atomic E-state index is -1.58. The van der Waals surface area contributed by atoms with Crippen LogP contribution in [0.2, 0.25) is 0 Å². The van der Waals surface area contributed by atoms with Gasteiger partial charge < -0.3 is 14.6 Å². The van der Waals surface area contributed by atoms with Crippen LogP contribution in [0.3, 0.4) is 0 Å². The minimum Gasteiger partial charge on any atom is -0.493 e. The van der Waals surface area contributed by atoms with Crippen LogP contribution in [0.5, 0.6) is 11.5 Å². The summed E-state index contributed by atoms with van der Waals surface area (Å²) >= 11 is 0. The molecule has 0 saturated heterocycles. The van der Waals surface area contributed by atoms with Crippen LogP contribution in [-0.2, 0) is 5.60 Å². The van der Waals surface area contributed by atoms with Gasteiger partial charge in [0.05, 0.1) is 14.2 Å². The first-order valence-corrected chi connectivity index (χ1v) is 6.98. The summed E-state index contributed by atoms with van der Waals surface area (Å²) in [6.45, 7) is 3.89. The van der Waals surface area contributed by atoms with E-state index >= 15 is 0 Å². The highest BCUT2D eigenvalue weighted by Crippen LogP contribution is 2.43. The predicted octanol–water partition coefficient (Wildman–Crippen LogP) is 3.19. The molecule has 0 fully saturated rings. The van der Waals surface area contributed by atoms with Crippen molar-refractivity contribution in [2.24, 2.45) is 0 Å². The van der Waals surface area contributed by atoms with Crippen LogP contribution in [0.25, 0.3) is 0 Å². The van der Waals surface area contributed by atoms with Crippen molar-refractivity contribution >= 4 is 0 Å². The van der Waals surface area contributed by atoms with Crippen molar-refractivity contribution in [2.45, 2.75) is 19.4 Å². The molecule has 0 heterocycles. The van der Waals surface area contributed by atoms with Gasteiger partial charge in [0.2, 0.25) is 0 Å². The van der Waals surface area contributed by atoms with Gasteiger partial charge >= 0.3 is 0 Å². The Bertz CT molecular complexity index is 714. The highest BCUT2D eigenvalue weighted by atomic mass is 16.5. The molecule has 1 N–H and O–H groups in total. The molecule has 0 saturated carbocycles. The van der Waals surface area contributed by atoms with E-state index in [2.05, 4.69) is 5.92 Å². The molecule has 2 aromatic rings. The van der Waals surface area contributed by atoms with E-state index in [1.807, 2.05) is 38.1 Å². The normalized spacial score (nSPS) is 13.1. The fourth-order valence-electron chi connectivity index (χ4n) is 2.58. The highest BCUT2D eigenvalue weighted by molar-refractivity contribution is 5.61. The number of hydrogen-bond donors (Lipinski definition) is 1. The number of terminal acetylenes is 1. The molecule has 0 aromatic heterocycles. The Morgan fingerprint density at radius 2 is 1.64 bits per heavy atom. The van der Waals surface area contributed by atoms with Crippen LogP contribution in [0.4, 0.5) is 0 Å². The maximum Gasteiger partial charge on any atom is 0.180 e. The van der Waals surface area contributed by atoms with Crippen LogP contribution in [0.15, 0.2) is 36.4 Å². The van der Waals surface area contributed by atoms with Gasteiger partial charge in [0, 0.05) is 11.1 Å². The van der Waals surface area contributed by atoms with Gasteiger partial charge in [-0.25, -0.2) is 0 Å². The van der Waals surface area contributed by atoms with Crippen molar-refractivity contribution in [1.29, 1.82) is 0 Å². The Morgan fingerprint density at radius 1 is 1.05 bits per heavy atom. The Balaban J connectivity index is 2.80. The van der Waals surface area contributed by atoms with E-state index in [1.165, 1.54) is 7.11 Å². The van der Waals surface area contributed by atoms with E-state index in [9.17, 15) is 5.11 Å². The lowest BCUT2D eigenvalue weighted by atomic mass is 9.84. The Labute approximate surface area is 131 Å². The summed E-state index contributed by atoms with van der Waals surface area (Å²) in [4.78, 5) is 0. The van der Waals surface area contributed by atoms with E-state index < -0.39 is 5.60 Å². The zero-order valence-corrected chi connectivity index (χ0v) is 13.3. The molecule has 22 heavy (non-hydrogen) atoms. The second kappa shape index (κ2) is 6.13. The van der Waals surface area contributed by atoms with Crippen molar-refractivity contribution < 1.29 is 14.6 Å². The quantitative estimate of drug-likeness (QED) is 0.881. The molecule has 0 amide bonds. The average molecular weight is 296 g/mol. The Hall–Kier alpha value is -2.44. The molecular formula is C19H20O3. The van der Waals surface area contributed by atoms with Gasteiger partial charge in [-0.1, -0.05) is 36.3 Å². The largest absolute Gasteiger partial charge is 0.493 e. The van der Waals surface area contributed by atoms with Crippen LogP contribution in [-0.4, -0.2) is 19.3 Å². The summed E-state index contributed by atoms with van der Waals surface area (Å²) in [5.74, 6) is 3.54. The Kier molecular flexibility index (Phi) is 4.44. The lowest BCUT2D eigenvalue weighted by molar-refractivity contribution is 0.140. The summed E-state index contributed by atoms with van der Waals surface area (Å²) in [5.41, 5.74) is 1.45. The molecule has 1 unspecified atom stereocenters. The zero-order chi connectivity index (χ0) is 16.3. The van der Waals surface area contributed by atoms with Gasteiger partial charge in [0.15, 0.2) is 17.1 Å². The first-order valence-electron chi connectivity index (χ1n) is 6.98. The van der Waals surface area contributed by atoms with Crippen molar-refractivity contribution in [3.8, 4) is 23.8 Å². The second-order valence-electron chi connectivity index (χ2n) is 5.15. The zero-order valence-electron chi connectivity index (χ0n) is 13.3. The SMILES string of the molecule is C#CC(O)(c1ccccc1)c1cc(C)c(C)c(OC)c1OC. The summed E-state index contributed by atoms with van der Waals surface area (Å²) in [7, 11) is 3.11. The number of benzene rings is 2. The molecule has 1 atom stereocenters. The fourth-order valence-corrected chi connectivity index (χ4v) is 2.58.